The third kappa shape index (κ3) is 2.15. The lowest BCUT2D eigenvalue weighted by atomic mass is 9.54. The molecule has 16 heavy (non-hydrogen) atoms. The Labute approximate surface area is 111 Å². The second-order valence-corrected chi connectivity index (χ2v) is 7.10. The highest BCUT2D eigenvalue weighted by atomic mass is 127. The molecule has 0 heterocycles. The van der Waals surface area contributed by atoms with Gasteiger partial charge in [0.2, 0.25) is 0 Å². The van der Waals surface area contributed by atoms with Gasteiger partial charge in [-0.15, -0.1) is 0 Å². The summed E-state index contributed by atoms with van der Waals surface area (Å²) in [6, 6.07) is 0. The van der Waals surface area contributed by atoms with Gasteiger partial charge >= 0.3 is 0 Å². The lowest BCUT2D eigenvalue weighted by Gasteiger charge is -2.56. The molecular weight excluding hydrogens is 315 g/mol. The Morgan fingerprint density at radius 3 is 2.06 bits per heavy atom. The summed E-state index contributed by atoms with van der Waals surface area (Å²) in [5, 5.41) is 9.63. The zero-order chi connectivity index (χ0) is 11.2. The largest absolute Gasteiger partial charge is 0.390 e. The van der Waals surface area contributed by atoms with Crippen LogP contribution in [0.3, 0.4) is 0 Å². The highest BCUT2D eigenvalue weighted by Crippen LogP contribution is 2.57. The van der Waals surface area contributed by atoms with Gasteiger partial charge in [-0.2, -0.15) is 0 Å². The molecule has 0 aliphatic heterocycles. The Hall–Kier alpha value is 0.650. The topological polar surface area (TPSA) is 29.5 Å². The summed E-state index contributed by atoms with van der Waals surface area (Å²) < 4.78 is 6.92. The van der Waals surface area contributed by atoms with E-state index in [0.717, 1.165) is 22.2 Å². The molecule has 4 fully saturated rings. The van der Waals surface area contributed by atoms with Crippen molar-refractivity contribution in [2.75, 3.05) is 11.0 Å². The van der Waals surface area contributed by atoms with Crippen LogP contribution in [-0.2, 0) is 4.74 Å². The molecule has 4 bridgehead atoms. The van der Waals surface area contributed by atoms with Crippen molar-refractivity contribution in [3.8, 4) is 0 Å². The summed E-state index contributed by atoms with van der Waals surface area (Å²) in [6.45, 7) is 0.551. The molecule has 0 saturated heterocycles. The number of aliphatic hydroxyl groups is 1. The third-order valence-electron chi connectivity index (χ3n) is 4.74. The van der Waals surface area contributed by atoms with Crippen molar-refractivity contribution in [1.82, 2.24) is 0 Å². The van der Waals surface area contributed by atoms with Crippen molar-refractivity contribution in [2.24, 2.45) is 17.8 Å². The summed E-state index contributed by atoms with van der Waals surface area (Å²) in [6.07, 6.45) is 7.91. The minimum absolute atomic E-state index is 0.168. The highest BCUT2D eigenvalue weighted by molar-refractivity contribution is 14.1. The van der Waals surface area contributed by atoms with E-state index >= 15 is 0 Å². The smallest absolute Gasteiger partial charge is 0.0863 e. The summed E-state index contributed by atoms with van der Waals surface area (Å²) in [5.74, 6) is 2.80. The van der Waals surface area contributed by atoms with Gasteiger partial charge in [-0.05, 0) is 56.3 Å². The van der Waals surface area contributed by atoms with E-state index in [1.807, 2.05) is 0 Å². The summed E-state index contributed by atoms with van der Waals surface area (Å²) >= 11 is 2.23. The number of halogens is 1. The van der Waals surface area contributed by atoms with Crippen molar-refractivity contribution in [3.05, 3.63) is 0 Å². The zero-order valence-electron chi connectivity index (χ0n) is 9.70. The molecule has 0 aromatic heterocycles. The minimum atomic E-state index is -0.270. The van der Waals surface area contributed by atoms with Crippen LogP contribution >= 0.6 is 22.6 Å². The van der Waals surface area contributed by atoms with E-state index in [4.69, 9.17) is 4.74 Å². The number of hydrogen-bond donors (Lipinski definition) is 1. The van der Waals surface area contributed by atoms with Gasteiger partial charge in [0.05, 0.1) is 18.3 Å². The Kier molecular flexibility index (Phi) is 3.22. The standard InChI is InChI=1S/C13H21IO2/c14-7-12(15)8-16-13-4-9-1-10(5-13)3-11(2-9)6-13/h9-12,15H,1-8H2/t9?,10?,11?,12-,13?/m0/s1. The van der Waals surface area contributed by atoms with Gasteiger partial charge in [-0.1, -0.05) is 22.6 Å². The fourth-order valence-electron chi connectivity index (χ4n) is 4.53. The molecule has 3 heteroatoms. The quantitative estimate of drug-likeness (QED) is 0.632. The first-order chi connectivity index (χ1) is 7.69. The zero-order valence-corrected chi connectivity index (χ0v) is 11.9. The molecule has 92 valence electrons. The van der Waals surface area contributed by atoms with Gasteiger partial charge < -0.3 is 9.84 Å². The molecule has 0 spiro atoms. The second kappa shape index (κ2) is 4.39. The molecule has 0 aromatic carbocycles. The average Bonchev–Trinajstić information content (AvgIpc) is 2.24. The fourth-order valence-corrected chi connectivity index (χ4v) is 4.78. The molecule has 4 aliphatic carbocycles. The second-order valence-electron chi connectivity index (χ2n) is 6.22. The monoisotopic (exact) mass is 336 g/mol. The van der Waals surface area contributed by atoms with Crippen LogP contribution in [0, 0.1) is 17.8 Å². The van der Waals surface area contributed by atoms with Crippen molar-refractivity contribution in [3.63, 3.8) is 0 Å². The minimum Gasteiger partial charge on any atom is -0.390 e. The molecule has 0 radical (unpaired) electrons. The normalized spacial score (nSPS) is 47.2. The predicted octanol–water partition coefficient (Wildman–Crippen LogP) is 2.77. The van der Waals surface area contributed by atoms with Crippen molar-refractivity contribution in [2.45, 2.75) is 50.2 Å². The lowest BCUT2D eigenvalue weighted by Crippen LogP contribution is -2.52. The van der Waals surface area contributed by atoms with Crippen LogP contribution < -0.4 is 0 Å². The van der Waals surface area contributed by atoms with Gasteiger partial charge in [-0.3, -0.25) is 0 Å². The van der Waals surface area contributed by atoms with Crippen LogP contribution in [0.25, 0.3) is 0 Å². The van der Waals surface area contributed by atoms with Gasteiger partial charge in [0, 0.05) is 4.43 Å². The van der Waals surface area contributed by atoms with Crippen molar-refractivity contribution < 1.29 is 9.84 Å². The predicted molar refractivity (Wildman–Crippen MR) is 71.7 cm³/mol. The number of rotatable bonds is 4. The van der Waals surface area contributed by atoms with Gasteiger partial charge in [-0.25, -0.2) is 0 Å². The fraction of sp³-hybridized carbons (Fsp3) is 1.00. The van der Waals surface area contributed by atoms with Gasteiger partial charge in [0.1, 0.15) is 0 Å². The van der Waals surface area contributed by atoms with E-state index in [9.17, 15) is 5.11 Å². The van der Waals surface area contributed by atoms with E-state index in [0.29, 0.717) is 6.61 Å². The molecule has 1 N–H and O–H groups in total. The maximum atomic E-state index is 9.63. The van der Waals surface area contributed by atoms with Crippen LogP contribution in [0.4, 0.5) is 0 Å². The molecule has 2 nitrogen and oxygen atoms in total. The van der Waals surface area contributed by atoms with E-state index in [1.54, 1.807) is 0 Å². The van der Waals surface area contributed by atoms with E-state index < -0.39 is 0 Å². The Morgan fingerprint density at radius 1 is 1.12 bits per heavy atom. The molecular formula is C13H21IO2. The molecule has 0 unspecified atom stereocenters. The van der Waals surface area contributed by atoms with Gasteiger partial charge in [0.15, 0.2) is 0 Å². The Balaban J connectivity index is 1.64. The average molecular weight is 336 g/mol. The van der Waals surface area contributed by atoms with E-state index in [1.165, 1.54) is 38.5 Å². The molecule has 0 aromatic rings. The van der Waals surface area contributed by atoms with Crippen LogP contribution in [0.2, 0.25) is 0 Å². The third-order valence-corrected chi connectivity index (χ3v) is 5.76. The lowest BCUT2D eigenvalue weighted by molar-refractivity contribution is -0.173. The maximum Gasteiger partial charge on any atom is 0.0863 e. The molecule has 4 rings (SSSR count). The van der Waals surface area contributed by atoms with Gasteiger partial charge in [0.25, 0.3) is 0 Å². The molecule has 4 saturated carbocycles. The van der Waals surface area contributed by atoms with E-state index in [2.05, 4.69) is 22.6 Å². The number of alkyl halides is 1. The highest BCUT2D eigenvalue weighted by Gasteiger charge is 2.51. The maximum absolute atomic E-state index is 9.63. The van der Waals surface area contributed by atoms with Crippen molar-refractivity contribution in [1.29, 1.82) is 0 Å². The number of aliphatic hydroxyl groups excluding tert-OH is 1. The number of hydrogen-bond acceptors (Lipinski definition) is 2. The molecule has 4 aliphatic rings. The first kappa shape index (κ1) is 11.7. The SMILES string of the molecule is O[C@@H](CI)COC12CC3CC(CC(C3)C1)C2. The van der Waals surface area contributed by atoms with Crippen LogP contribution in [0.15, 0.2) is 0 Å². The molecule has 0 amide bonds. The summed E-state index contributed by atoms with van der Waals surface area (Å²) in [4.78, 5) is 0. The summed E-state index contributed by atoms with van der Waals surface area (Å²) in [7, 11) is 0. The first-order valence-electron chi connectivity index (χ1n) is 6.57. The summed E-state index contributed by atoms with van der Waals surface area (Å²) in [5.41, 5.74) is 0.168. The first-order valence-corrected chi connectivity index (χ1v) is 8.10. The van der Waals surface area contributed by atoms with Crippen molar-refractivity contribution >= 4 is 22.6 Å². The van der Waals surface area contributed by atoms with E-state index in [-0.39, 0.29) is 11.7 Å². The van der Waals surface area contributed by atoms with Crippen LogP contribution in [0.1, 0.15) is 38.5 Å². The van der Waals surface area contributed by atoms with Crippen LogP contribution in [-0.4, -0.2) is 27.8 Å². The molecule has 1 atom stereocenters. The Morgan fingerprint density at radius 2 is 1.62 bits per heavy atom. The number of ether oxygens (including phenoxy) is 1. The Bertz CT molecular complexity index is 231. The van der Waals surface area contributed by atoms with Crippen LogP contribution in [0.5, 0.6) is 0 Å².